The number of rotatable bonds is 10. The fraction of sp³-hybridized carbons (Fsp3) is 0.531. The van der Waals surface area contributed by atoms with Gasteiger partial charge in [-0.15, -0.1) is 10.2 Å². The third kappa shape index (κ3) is 7.86. The Kier molecular flexibility index (Phi) is 9.72. The number of nitrogens with one attached hydrogen (secondary N) is 1. The van der Waals surface area contributed by atoms with Gasteiger partial charge in [-0.3, -0.25) is 4.79 Å². The van der Waals surface area contributed by atoms with Crippen molar-refractivity contribution in [2.24, 2.45) is 0 Å². The molecule has 244 valence electrons. The van der Waals surface area contributed by atoms with Crippen LogP contribution < -0.4 is 10.1 Å². The Balaban J connectivity index is 1.74. The van der Waals surface area contributed by atoms with E-state index in [4.69, 9.17) is 13.9 Å². The van der Waals surface area contributed by atoms with Crippen LogP contribution >= 0.6 is 15.9 Å². The fourth-order valence-corrected chi connectivity index (χ4v) is 5.58. The van der Waals surface area contributed by atoms with Gasteiger partial charge in [0.2, 0.25) is 5.89 Å². The summed E-state index contributed by atoms with van der Waals surface area (Å²) in [6, 6.07) is 5.10. The van der Waals surface area contributed by atoms with Crippen molar-refractivity contribution >= 4 is 33.9 Å². The Hall–Kier alpha value is -3.87. The van der Waals surface area contributed by atoms with E-state index in [1.54, 1.807) is 85.1 Å². The van der Waals surface area contributed by atoms with Crippen LogP contribution in [0.3, 0.4) is 0 Å². The van der Waals surface area contributed by atoms with Gasteiger partial charge >= 0.3 is 12.2 Å². The number of carbonyl (C=O) groups excluding carboxylic acids is 2. The maximum atomic E-state index is 14.4. The Labute approximate surface area is 271 Å². The van der Waals surface area contributed by atoms with E-state index in [1.807, 2.05) is 0 Å². The highest BCUT2D eigenvalue weighted by molar-refractivity contribution is 9.10. The van der Waals surface area contributed by atoms with Gasteiger partial charge in [0.05, 0.1) is 12.1 Å². The Bertz CT molecular complexity index is 1590. The zero-order chi connectivity index (χ0) is 33.4. The van der Waals surface area contributed by atoms with Crippen molar-refractivity contribution in [3.63, 3.8) is 0 Å². The van der Waals surface area contributed by atoms with Crippen LogP contribution in [0.1, 0.15) is 106 Å². The molecule has 1 saturated carbocycles. The number of nitrogens with zero attached hydrogens (tertiary/aromatic N) is 4. The molecule has 0 aliphatic heterocycles. The van der Waals surface area contributed by atoms with Crippen LogP contribution in [-0.2, 0) is 4.74 Å². The number of hydrogen-bond acceptors (Lipinski definition) is 8. The molecule has 3 aromatic rings. The van der Waals surface area contributed by atoms with Gasteiger partial charge in [0.15, 0.2) is 5.78 Å². The number of alkyl carbamates (subject to hydrolysis) is 1. The zero-order valence-corrected chi connectivity index (χ0v) is 28.9. The molecule has 12 nitrogen and oxygen atoms in total. The van der Waals surface area contributed by atoms with Crippen molar-refractivity contribution in [1.29, 1.82) is 0 Å². The van der Waals surface area contributed by atoms with Gasteiger partial charge < -0.3 is 33.8 Å². The molecule has 4 rings (SSSR count). The van der Waals surface area contributed by atoms with Gasteiger partial charge in [0.1, 0.15) is 29.8 Å². The van der Waals surface area contributed by atoms with Crippen LogP contribution in [0.25, 0.3) is 11.6 Å². The SMILES string of the molecule is Cc1c(C(=O)c2cc(Br)ccc2OCCN(C(=O)O)C(C)(C)C)c(C)n(C(C)NC(=O)OC(C)(C)C)c1-c1nnc(C2CC2)o1. The van der Waals surface area contributed by atoms with E-state index in [9.17, 15) is 19.5 Å². The monoisotopic (exact) mass is 687 g/mol. The lowest BCUT2D eigenvalue weighted by molar-refractivity contribution is 0.0488. The van der Waals surface area contributed by atoms with Crippen LogP contribution in [0.15, 0.2) is 27.1 Å². The van der Waals surface area contributed by atoms with Gasteiger partial charge in [0, 0.05) is 27.2 Å². The molecule has 1 aliphatic carbocycles. The molecule has 0 bridgehead atoms. The zero-order valence-electron chi connectivity index (χ0n) is 27.3. The second kappa shape index (κ2) is 12.9. The van der Waals surface area contributed by atoms with Crippen molar-refractivity contribution in [3.05, 3.63) is 50.9 Å². The molecule has 0 spiro atoms. The van der Waals surface area contributed by atoms with Crippen molar-refractivity contribution in [3.8, 4) is 17.3 Å². The lowest BCUT2D eigenvalue weighted by Gasteiger charge is -2.33. The summed E-state index contributed by atoms with van der Waals surface area (Å²) in [4.78, 5) is 40.2. The lowest BCUT2D eigenvalue weighted by Crippen LogP contribution is -2.46. The summed E-state index contributed by atoms with van der Waals surface area (Å²) in [5, 5.41) is 21.1. The third-order valence-corrected chi connectivity index (χ3v) is 7.90. The minimum Gasteiger partial charge on any atom is -0.491 e. The summed E-state index contributed by atoms with van der Waals surface area (Å²) >= 11 is 3.47. The first kappa shape index (κ1) is 34.0. The molecule has 45 heavy (non-hydrogen) atoms. The number of halogens is 1. The molecule has 1 unspecified atom stereocenters. The van der Waals surface area contributed by atoms with E-state index in [2.05, 4.69) is 31.4 Å². The van der Waals surface area contributed by atoms with Gasteiger partial charge in [-0.1, -0.05) is 15.9 Å². The highest BCUT2D eigenvalue weighted by Crippen LogP contribution is 2.42. The van der Waals surface area contributed by atoms with Crippen LogP contribution in [0, 0.1) is 13.8 Å². The predicted molar refractivity (Wildman–Crippen MR) is 171 cm³/mol. The number of amides is 2. The fourth-order valence-electron chi connectivity index (χ4n) is 5.21. The normalized spacial score (nSPS) is 14.2. The van der Waals surface area contributed by atoms with Crippen molar-refractivity contribution in [2.45, 2.75) is 98.4 Å². The average Bonchev–Trinajstić information content (AvgIpc) is 3.57. The van der Waals surface area contributed by atoms with Crippen molar-refractivity contribution < 1.29 is 33.4 Å². The molecule has 2 amide bonds. The number of hydrogen-bond donors (Lipinski definition) is 2. The molecule has 1 atom stereocenters. The maximum Gasteiger partial charge on any atom is 0.409 e. The third-order valence-electron chi connectivity index (χ3n) is 7.40. The summed E-state index contributed by atoms with van der Waals surface area (Å²) in [5.41, 5.74) is 1.02. The summed E-state index contributed by atoms with van der Waals surface area (Å²) in [5.74, 6) is 1.01. The smallest absolute Gasteiger partial charge is 0.409 e. The molecule has 1 aliphatic rings. The molecular weight excluding hydrogens is 646 g/mol. The van der Waals surface area contributed by atoms with E-state index >= 15 is 0 Å². The number of aromatic nitrogens is 3. The molecular formula is C32H42BrN5O7. The van der Waals surface area contributed by atoms with Crippen LogP contribution in [0.2, 0.25) is 0 Å². The highest BCUT2D eigenvalue weighted by Gasteiger charge is 2.34. The maximum absolute atomic E-state index is 14.4. The summed E-state index contributed by atoms with van der Waals surface area (Å²) in [7, 11) is 0. The minimum atomic E-state index is -1.06. The lowest BCUT2D eigenvalue weighted by atomic mass is 9.99. The Morgan fingerprint density at radius 2 is 1.82 bits per heavy atom. The van der Waals surface area contributed by atoms with E-state index in [0.29, 0.717) is 38.6 Å². The van der Waals surface area contributed by atoms with Gasteiger partial charge in [-0.2, -0.15) is 0 Å². The minimum absolute atomic E-state index is 0.0402. The van der Waals surface area contributed by atoms with E-state index < -0.39 is 29.5 Å². The summed E-state index contributed by atoms with van der Waals surface area (Å²) in [6.07, 6.45) is -0.362. The quantitative estimate of drug-likeness (QED) is 0.211. The molecule has 2 N–H and O–H groups in total. The van der Waals surface area contributed by atoms with Gasteiger partial charge in [-0.25, -0.2) is 9.59 Å². The van der Waals surface area contributed by atoms with E-state index in [0.717, 1.165) is 12.8 Å². The van der Waals surface area contributed by atoms with Crippen LogP contribution in [0.5, 0.6) is 5.75 Å². The summed E-state index contributed by atoms with van der Waals surface area (Å²) in [6.45, 7) is 16.3. The number of ether oxygens (including phenoxy) is 2. The van der Waals surface area contributed by atoms with Crippen molar-refractivity contribution in [2.75, 3.05) is 13.2 Å². The Morgan fingerprint density at radius 3 is 2.40 bits per heavy atom. The standard InChI is InChI=1S/C32H42BrN5O7/c1-17-24(26(39)22-16-21(33)12-13-23(22)43-15-14-37(30(41)42)31(4,5)6)18(2)38(19(3)34-29(40)45-32(7,8)9)25(17)28-36-35-27(44-28)20-10-11-20/h12-13,16,19-20H,10-11,14-15H2,1-9H3,(H,34,40)(H,41,42). The molecule has 1 aromatic carbocycles. The molecule has 2 aromatic heterocycles. The summed E-state index contributed by atoms with van der Waals surface area (Å²) < 4.78 is 20.1. The van der Waals surface area contributed by atoms with Crippen LogP contribution in [0.4, 0.5) is 9.59 Å². The van der Waals surface area contributed by atoms with Crippen molar-refractivity contribution in [1.82, 2.24) is 25.0 Å². The number of carboxylic acid groups (broad SMARTS) is 1. The second-order valence-corrected chi connectivity index (χ2v) is 14.2. The first-order chi connectivity index (χ1) is 20.9. The largest absolute Gasteiger partial charge is 0.491 e. The molecule has 0 saturated heterocycles. The molecule has 2 heterocycles. The highest BCUT2D eigenvalue weighted by atomic mass is 79.9. The topological polar surface area (TPSA) is 149 Å². The Morgan fingerprint density at radius 1 is 1.16 bits per heavy atom. The average molecular weight is 689 g/mol. The first-order valence-electron chi connectivity index (χ1n) is 14.9. The van der Waals surface area contributed by atoms with Gasteiger partial charge in [0.25, 0.3) is 5.89 Å². The second-order valence-electron chi connectivity index (χ2n) is 13.3. The molecule has 13 heteroatoms. The molecule has 1 fully saturated rings. The number of benzene rings is 1. The number of carbonyl (C=O) groups is 3. The van der Waals surface area contributed by atoms with E-state index in [1.165, 1.54) is 4.90 Å². The van der Waals surface area contributed by atoms with E-state index in [-0.39, 0.29) is 36.3 Å². The number of ketones is 1. The molecule has 0 radical (unpaired) electrons. The first-order valence-corrected chi connectivity index (χ1v) is 15.7. The predicted octanol–water partition coefficient (Wildman–Crippen LogP) is 7.23. The van der Waals surface area contributed by atoms with Gasteiger partial charge in [-0.05, 0) is 98.9 Å². The van der Waals surface area contributed by atoms with Crippen LogP contribution in [-0.4, -0.2) is 67.0 Å².